The Morgan fingerprint density at radius 1 is 1.37 bits per heavy atom. The molecule has 0 saturated carbocycles. The number of allylic oxidation sites excluding steroid dienone is 2. The summed E-state index contributed by atoms with van der Waals surface area (Å²) < 4.78 is 6.88. The number of ether oxygens (including phenoxy) is 1. The van der Waals surface area contributed by atoms with Crippen LogP contribution in [-0.2, 0) is 0 Å². The molecule has 5 heteroatoms. The molecule has 2 unspecified atom stereocenters. The Morgan fingerprint density at radius 2 is 2.21 bits per heavy atom. The summed E-state index contributed by atoms with van der Waals surface area (Å²) in [5.74, 6) is 1.82. The van der Waals surface area contributed by atoms with Gasteiger partial charge in [-0.15, -0.1) is 11.3 Å². The molecular formula is C14H15ClN2OS. The van der Waals surface area contributed by atoms with Crippen molar-refractivity contribution < 1.29 is 4.74 Å². The first kappa shape index (κ1) is 12.9. The molecule has 0 saturated heterocycles. The van der Waals surface area contributed by atoms with E-state index in [1.165, 1.54) is 0 Å². The molecule has 0 aliphatic heterocycles. The predicted molar refractivity (Wildman–Crippen MR) is 78.9 cm³/mol. The molecule has 19 heavy (non-hydrogen) atoms. The fourth-order valence-corrected chi connectivity index (χ4v) is 3.27. The van der Waals surface area contributed by atoms with E-state index >= 15 is 0 Å². The van der Waals surface area contributed by atoms with E-state index in [0.717, 1.165) is 23.1 Å². The van der Waals surface area contributed by atoms with Crippen LogP contribution in [0.3, 0.4) is 0 Å². The van der Waals surface area contributed by atoms with Crippen LogP contribution in [0.25, 0.3) is 10.2 Å². The fourth-order valence-electron chi connectivity index (χ4n) is 2.33. The minimum Gasteiger partial charge on any atom is -0.476 e. The zero-order valence-electron chi connectivity index (χ0n) is 10.7. The maximum atomic E-state index is 5.92. The summed E-state index contributed by atoms with van der Waals surface area (Å²) in [4.78, 5) is 8.39. The highest BCUT2D eigenvalue weighted by molar-refractivity contribution is 7.17. The van der Waals surface area contributed by atoms with Crippen LogP contribution >= 0.6 is 22.9 Å². The van der Waals surface area contributed by atoms with E-state index in [1.807, 2.05) is 11.4 Å². The highest BCUT2D eigenvalue weighted by atomic mass is 35.5. The Bertz CT molecular complexity index is 611. The second kappa shape index (κ2) is 5.47. The number of aromatic nitrogens is 2. The lowest BCUT2D eigenvalue weighted by Gasteiger charge is -2.24. The standard InChI is InChI=1S/C14H15ClN2OS/c1-9-4-2-3-5-10(9)8-18-13-12-11(6-7-19-12)16-14(15)17-13/h2-3,6-7,9-10H,4-5,8H2,1H3. The summed E-state index contributed by atoms with van der Waals surface area (Å²) in [5.41, 5.74) is 0.858. The van der Waals surface area contributed by atoms with Crippen LogP contribution in [0.15, 0.2) is 23.6 Å². The predicted octanol–water partition coefficient (Wildman–Crippen LogP) is 4.33. The van der Waals surface area contributed by atoms with Crippen molar-refractivity contribution in [2.75, 3.05) is 6.61 Å². The van der Waals surface area contributed by atoms with Gasteiger partial charge in [0.25, 0.3) is 0 Å². The van der Waals surface area contributed by atoms with E-state index in [2.05, 4.69) is 29.0 Å². The molecule has 2 heterocycles. The third-order valence-corrected chi connectivity index (χ3v) is 4.66. The molecule has 2 aromatic heterocycles. The molecule has 0 bridgehead atoms. The van der Waals surface area contributed by atoms with Crippen LogP contribution in [0.2, 0.25) is 5.28 Å². The van der Waals surface area contributed by atoms with Crippen LogP contribution in [0.1, 0.15) is 19.8 Å². The molecule has 3 nitrogen and oxygen atoms in total. The van der Waals surface area contributed by atoms with Crippen LogP contribution in [0.4, 0.5) is 0 Å². The first-order valence-corrected chi connectivity index (χ1v) is 7.68. The van der Waals surface area contributed by atoms with Gasteiger partial charge in [-0.3, -0.25) is 0 Å². The fraction of sp³-hybridized carbons (Fsp3) is 0.429. The average molecular weight is 295 g/mol. The number of halogens is 1. The van der Waals surface area contributed by atoms with Gasteiger partial charge >= 0.3 is 0 Å². The molecule has 3 rings (SSSR count). The number of hydrogen-bond donors (Lipinski definition) is 0. The monoisotopic (exact) mass is 294 g/mol. The minimum atomic E-state index is 0.248. The van der Waals surface area contributed by atoms with Crippen molar-refractivity contribution in [3.8, 4) is 5.88 Å². The second-order valence-corrected chi connectivity index (χ2v) is 6.18. The SMILES string of the molecule is CC1CC=CCC1COc1nc(Cl)nc2ccsc12. The summed E-state index contributed by atoms with van der Waals surface area (Å²) in [7, 11) is 0. The first-order chi connectivity index (χ1) is 9.24. The molecule has 0 amide bonds. The lowest BCUT2D eigenvalue weighted by atomic mass is 9.85. The summed E-state index contributed by atoms with van der Waals surface area (Å²) in [6.07, 6.45) is 6.70. The van der Waals surface area contributed by atoms with Gasteiger partial charge in [-0.2, -0.15) is 4.98 Å². The van der Waals surface area contributed by atoms with Crippen molar-refractivity contribution in [1.82, 2.24) is 9.97 Å². The van der Waals surface area contributed by atoms with Crippen molar-refractivity contribution in [1.29, 1.82) is 0 Å². The molecule has 0 N–H and O–H groups in total. The van der Waals surface area contributed by atoms with Gasteiger partial charge in [0.1, 0.15) is 4.70 Å². The second-order valence-electron chi connectivity index (χ2n) is 4.92. The maximum Gasteiger partial charge on any atom is 0.236 e. The molecular weight excluding hydrogens is 280 g/mol. The van der Waals surface area contributed by atoms with Crippen LogP contribution in [-0.4, -0.2) is 16.6 Å². The summed E-state index contributed by atoms with van der Waals surface area (Å²) in [5, 5.41) is 2.23. The summed E-state index contributed by atoms with van der Waals surface area (Å²) in [6, 6.07) is 1.94. The van der Waals surface area contributed by atoms with Crippen LogP contribution < -0.4 is 4.74 Å². The lowest BCUT2D eigenvalue weighted by molar-refractivity contribution is 0.195. The molecule has 100 valence electrons. The summed E-state index contributed by atoms with van der Waals surface area (Å²) in [6.45, 7) is 2.96. The highest BCUT2D eigenvalue weighted by Crippen LogP contribution is 2.31. The summed E-state index contributed by atoms with van der Waals surface area (Å²) >= 11 is 7.51. The van der Waals surface area contributed by atoms with Gasteiger partial charge in [-0.25, -0.2) is 4.98 Å². The van der Waals surface area contributed by atoms with Gasteiger partial charge in [0, 0.05) is 0 Å². The Labute approximate surface area is 121 Å². The molecule has 0 aromatic carbocycles. The number of nitrogens with zero attached hydrogens (tertiary/aromatic N) is 2. The Hall–Kier alpha value is -1.13. The lowest BCUT2D eigenvalue weighted by Crippen LogP contribution is -2.21. The zero-order valence-corrected chi connectivity index (χ0v) is 12.2. The van der Waals surface area contributed by atoms with Crippen molar-refractivity contribution in [3.63, 3.8) is 0 Å². The van der Waals surface area contributed by atoms with E-state index in [4.69, 9.17) is 16.3 Å². The van der Waals surface area contributed by atoms with Crippen LogP contribution in [0, 0.1) is 11.8 Å². The molecule has 0 fully saturated rings. The largest absolute Gasteiger partial charge is 0.476 e. The minimum absolute atomic E-state index is 0.248. The van der Waals surface area contributed by atoms with Gasteiger partial charge in [-0.1, -0.05) is 19.1 Å². The van der Waals surface area contributed by atoms with E-state index in [0.29, 0.717) is 24.3 Å². The van der Waals surface area contributed by atoms with Gasteiger partial charge in [0.05, 0.1) is 12.1 Å². The number of fused-ring (bicyclic) bond motifs is 1. The molecule has 1 aliphatic carbocycles. The number of thiophene rings is 1. The molecule has 2 atom stereocenters. The topological polar surface area (TPSA) is 35.0 Å². The Balaban J connectivity index is 1.78. The van der Waals surface area contributed by atoms with Crippen LogP contribution in [0.5, 0.6) is 5.88 Å². The van der Waals surface area contributed by atoms with Crippen molar-refractivity contribution in [3.05, 3.63) is 28.9 Å². The molecule has 0 spiro atoms. The first-order valence-electron chi connectivity index (χ1n) is 6.42. The maximum absolute atomic E-state index is 5.92. The zero-order chi connectivity index (χ0) is 13.2. The van der Waals surface area contributed by atoms with Crippen molar-refractivity contribution in [2.24, 2.45) is 11.8 Å². The number of rotatable bonds is 3. The average Bonchev–Trinajstić information content (AvgIpc) is 2.85. The molecule has 1 aliphatic rings. The molecule has 0 radical (unpaired) electrons. The van der Waals surface area contributed by atoms with E-state index in [9.17, 15) is 0 Å². The van der Waals surface area contributed by atoms with Gasteiger partial charge in [-0.05, 0) is 47.7 Å². The van der Waals surface area contributed by atoms with E-state index in [1.54, 1.807) is 11.3 Å². The van der Waals surface area contributed by atoms with Gasteiger partial charge < -0.3 is 4.74 Å². The highest BCUT2D eigenvalue weighted by Gasteiger charge is 2.20. The Kier molecular flexibility index (Phi) is 3.71. The normalized spacial score (nSPS) is 22.8. The van der Waals surface area contributed by atoms with Gasteiger partial charge in [0.15, 0.2) is 0 Å². The third kappa shape index (κ3) is 2.74. The third-order valence-electron chi connectivity index (χ3n) is 3.60. The van der Waals surface area contributed by atoms with Crippen molar-refractivity contribution >= 4 is 33.2 Å². The Morgan fingerprint density at radius 3 is 3.05 bits per heavy atom. The van der Waals surface area contributed by atoms with E-state index in [-0.39, 0.29) is 5.28 Å². The van der Waals surface area contributed by atoms with Gasteiger partial charge in [0.2, 0.25) is 11.2 Å². The van der Waals surface area contributed by atoms with Crippen molar-refractivity contribution in [2.45, 2.75) is 19.8 Å². The number of hydrogen-bond acceptors (Lipinski definition) is 4. The quantitative estimate of drug-likeness (QED) is 0.624. The van der Waals surface area contributed by atoms with E-state index < -0.39 is 0 Å². The smallest absolute Gasteiger partial charge is 0.236 e. The molecule has 2 aromatic rings.